The van der Waals surface area contributed by atoms with Gasteiger partial charge in [-0.1, -0.05) is 0 Å². The number of hydrogen-bond acceptors (Lipinski definition) is 4. The molecule has 1 fully saturated rings. The summed E-state index contributed by atoms with van der Waals surface area (Å²) in [6.07, 6.45) is 0.542. The first kappa shape index (κ1) is 15.8. The molecule has 1 aliphatic rings. The van der Waals surface area contributed by atoms with E-state index in [2.05, 4.69) is 5.32 Å². The van der Waals surface area contributed by atoms with Crippen LogP contribution in [-0.2, 0) is 9.53 Å². The number of ether oxygens (including phenoxy) is 1. The number of amides is 2. The molecule has 1 rings (SSSR count). The van der Waals surface area contributed by atoms with Gasteiger partial charge in [0.2, 0.25) is 5.91 Å². The van der Waals surface area contributed by atoms with Gasteiger partial charge in [-0.3, -0.25) is 4.79 Å². The summed E-state index contributed by atoms with van der Waals surface area (Å²) in [5.41, 5.74) is -1.46. The van der Waals surface area contributed by atoms with Crippen molar-refractivity contribution in [3.8, 4) is 0 Å². The highest BCUT2D eigenvalue weighted by molar-refractivity contribution is 5.72. The lowest BCUT2D eigenvalue weighted by atomic mass is 9.99. The number of rotatable bonds is 3. The molecular formula is C13H24N2O4. The first-order valence-corrected chi connectivity index (χ1v) is 6.56. The number of carbonyl (C=O) groups excluding carboxylic acids is 2. The predicted molar refractivity (Wildman–Crippen MR) is 70.7 cm³/mol. The van der Waals surface area contributed by atoms with Gasteiger partial charge in [0.15, 0.2) is 0 Å². The average Bonchev–Trinajstić information content (AvgIpc) is 2.58. The monoisotopic (exact) mass is 272 g/mol. The number of nitrogens with zero attached hydrogens (tertiary/aromatic N) is 1. The summed E-state index contributed by atoms with van der Waals surface area (Å²) in [5.74, 6) is -0.120. The van der Waals surface area contributed by atoms with Crippen LogP contribution in [0.3, 0.4) is 0 Å². The number of hydrogen-bond donors (Lipinski definition) is 2. The summed E-state index contributed by atoms with van der Waals surface area (Å²) >= 11 is 0. The molecule has 0 radical (unpaired) electrons. The van der Waals surface area contributed by atoms with E-state index in [-0.39, 0.29) is 12.5 Å². The highest BCUT2D eigenvalue weighted by atomic mass is 16.6. The van der Waals surface area contributed by atoms with Crippen LogP contribution in [0.1, 0.15) is 40.5 Å². The van der Waals surface area contributed by atoms with Crippen molar-refractivity contribution in [1.82, 2.24) is 10.2 Å². The van der Waals surface area contributed by atoms with Gasteiger partial charge in [0, 0.05) is 20.0 Å². The molecule has 6 heteroatoms. The first-order valence-electron chi connectivity index (χ1n) is 6.56. The van der Waals surface area contributed by atoms with Gasteiger partial charge >= 0.3 is 6.09 Å². The van der Waals surface area contributed by atoms with E-state index in [0.717, 1.165) is 0 Å². The molecular weight excluding hydrogens is 248 g/mol. The van der Waals surface area contributed by atoms with Gasteiger partial charge in [-0.2, -0.15) is 0 Å². The molecule has 0 aromatic heterocycles. The Hall–Kier alpha value is -1.30. The molecule has 1 atom stereocenters. The Balaban J connectivity index is 2.43. The minimum Gasteiger partial charge on any atom is -0.444 e. The number of nitrogens with one attached hydrogen (secondary N) is 1. The van der Waals surface area contributed by atoms with Crippen LogP contribution in [0.5, 0.6) is 0 Å². The Kier molecular flexibility index (Phi) is 4.79. The van der Waals surface area contributed by atoms with Crippen LogP contribution in [0.15, 0.2) is 0 Å². The van der Waals surface area contributed by atoms with E-state index in [0.29, 0.717) is 25.9 Å². The van der Waals surface area contributed by atoms with E-state index in [1.54, 1.807) is 0 Å². The van der Waals surface area contributed by atoms with Crippen molar-refractivity contribution in [3.63, 3.8) is 0 Å². The summed E-state index contributed by atoms with van der Waals surface area (Å²) in [6.45, 7) is 8.00. The van der Waals surface area contributed by atoms with Crippen LogP contribution in [0.25, 0.3) is 0 Å². The Bertz CT molecular complexity index is 351. The predicted octanol–water partition coefficient (Wildman–Crippen LogP) is 0.884. The average molecular weight is 272 g/mol. The molecule has 1 aliphatic heterocycles. The van der Waals surface area contributed by atoms with Gasteiger partial charge in [-0.15, -0.1) is 0 Å². The second-order valence-electron chi connectivity index (χ2n) is 6.11. The summed E-state index contributed by atoms with van der Waals surface area (Å²) < 4.78 is 5.26. The molecule has 0 aromatic carbocycles. The number of likely N-dealkylation sites (tertiary alicyclic amines) is 1. The number of aliphatic hydroxyl groups is 1. The second-order valence-corrected chi connectivity index (χ2v) is 6.11. The second kappa shape index (κ2) is 5.77. The standard InChI is InChI=1S/C13H24N2O4/c1-10(16)14-7-5-13(18)6-8-15(9-13)11(17)19-12(2,3)4/h18H,5-9H2,1-4H3,(H,14,16). The van der Waals surface area contributed by atoms with E-state index in [4.69, 9.17) is 4.74 Å². The van der Waals surface area contributed by atoms with E-state index >= 15 is 0 Å². The minimum absolute atomic E-state index is 0.120. The van der Waals surface area contributed by atoms with Crippen LogP contribution >= 0.6 is 0 Å². The van der Waals surface area contributed by atoms with Crippen LogP contribution in [-0.4, -0.2) is 52.8 Å². The molecule has 6 nitrogen and oxygen atoms in total. The van der Waals surface area contributed by atoms with Crippen molar-refractivity contribution < 1.29 is 19.4 Å². The molecule has 0 aromatic rings. The van der Waals surface area contributed by atoms with Gasteiger partial charge in [-0.05, 0) is 33.6 Å². The van der Waals surface area contributed by atoms with Crippen LogP contribution in [0, 0.1) is 0 Å². The third-order valence-corrected chi connectivity index (χ3v) is 2.95. The SMILES string of the molecule is CC(=O)NCCC1(O)CCN(C(=O)OC(C)(C)C)C1. The molecule has 1 unspecified atom stereocenters. The van der Waals surface area contributed by atoms with Crippen LogP contribution in [0.4, 0.5) is 4.79 Å². The topological polar surface area (TPSA) is 78.9 Å². The van der Waals surface area contributed by atoms with Crippen molar-refractivity contribution in [2.75, 3.05) is 19.6 Å². The normalized spacial score (nSPS) is 23.3. The van der Waals surface area contributed by atoms with Gasteiger partial charge in [-0.25, -0.2) is 4.79 Å². The van der Waals surface area contributed by atoms with Gasteiger partial charge in [0.1, 0.15) is 5.60 Å². The third-order valence-electron chi connectivity index (χ3n) is 2.95. The maximum Gasteiger partial charge on any atom is 0.410 e. The zero-order valence-corrected chi connectivity index (χ0v) is 12.2. The van der Waals surface area contributed by atoms with Crippen molar-refractivity contribution in [1.29, 1.82) is 0 Å². The fourth-order valence-electron chi connectivity index (χ4n) is 2.01. The van der Waals surface area contributed by atoms with E-state index in [1.807, 2.05) is 20.8 Å². The maximum atomic E-state index is 11.9. The first-order chi connectivity index (χ1) is 8.61. The van der Waals surface area contributed by atoms with Gasteiger partial charge in [0.25, 0.3) is 0 Å². The molecule has 0 saturated carbocycles. The largest absolute Gasteiger partial charge is 0.444 e. The maximum absolute atomic E-state index is 11.9. The van der Waals surface area contributed by atoms with Crippen LogP contribution < -0.4 is 5.32 Å². The summed E-state index contributed by atoms with van der Waals surface area (Å²) in [6, 6.07) is 0. The molecule has 0 bridgehead atoms. The van der Waals surface area contributed by atoms with Gasteiger partial charge in [0.05, 0.1) is 12.1 Å². The Morgan fingerprint density at radius 2 is 2.05 bits per heavy atom. The zero-order valence-electron chi connectivity index (χ0n) is 12.2. The lowest BCUT2D eigenvalue weighted by Crippen LogP contribution is -2.40. The molecule has 110 valence electrons. The quantitative estimate of drug-likeness (QED) is 0.799. The molecule has 1 saturated heterocycles. The van der Waals surface area contributed by atoms with Crippen molar-refractivity contribution in [2.45, 2.75) is 51.7 Å². The molecule has 0 spiro atoms. The summed E-state index contributed by atoms with van der Waals surface area (Å²) in [7, 11) is 0. The minimum atomic E-state index is -0.931. The third kappa shape index (κ3) is 5.46. The molecule has 0 aliphatic carbocycles. The van der Waals surface area contributed by atoms with Crippen molar-refractivity contribution >= 4 is 12.0 Å². The van der Waals surface area contributed by atoms with E-state index < -0.39 is 17.3 Å². The zero-order chi connectivity index (χ0) is 14.7. The number of β-amino-alcohol motifs (C(OH)–C–C–N with tert-alkyl or cyclic N) is 1. The molecule has 2 N–H and O–H groups in total. The Morgan fingerprint density at radius 3 is 2.58 bits per heavy atom. The fourth-order valence-corrected chi connectivity index (χ4v) is 2.01. The van der Waals surface area contributed by atoms with Crippen molar-refractivity contribution in [2.24, 2.45) is 0 Å². The molecule has 19 heavy (non-hydrogen) atoms. The van der Waals surface area contributed by atoms with E-state index in [1.165, 1.54) is 11.8 Å². The molecule has 1 heterocycles. The smallest absolute Gasteiger partial charge is 0.410 e. The number of carbonyl (C=O) groups is 2. The summed E-state index contributed by atoms with van der Waals surface area (Å²) in [5, 5.41) is 13.0. The fraction of sp³-hybridized carbons (Fsp3) is 0.846. The lowest BCUT2D eigenvalue weighted by Gasteiger charge is -2.26. The molecule has 2 amide bonds. The van der Waals surface area contributed by atoms with Crippen molar-refractivity contribution in [3.05, 3.63) is 0 Å². The highest BCUT2D eigenvalue weighted by Gasteiger charge is 2.39. The van der Waals surface area contributed by atoms with E-state index in [9.17, 15) is 14.7 Å². The van der Waals surface area contributed by atoms with Gasteiger partial charge < -0.3 is 20.1 Å². The van der Waals surface area contributed by atoms with Crippen LogP contribution in [0.2, 0.25) is 0 Å². The summed E-state index contributed by atoms with van der Waals surface area (Å²) in [4.78, 5) is 24.1. The lowest BCUT2D eigenvalue weighted by molar-refractivity contribution is -0.119. The highest BCUT2D eigenvalue weighted by Crippen LogP contribution is 2.25. The Labute approximate surface area is 114 Å². The Morgan fingerprint density at radius 1 is 1.42 bits per heavy atom.